The van der Waals surface area contributed by atoms with E-state index in [1.165, 1.54) is 0 Å². The average molecular weight is 222 g/mol. The van der Waals surface area contributed by atoms with E-state index in [4.69, 9.17) is 4.74 Å². The smallest absolute Gasteiger partial charge is 0.660 e. The number of hydrogen-bond acceptors (Lipinski definition) is 2. The predicted octanol–water partition coefficient (Wildman–Crippen LogP) is -1.75. The first-order valence-electron chi connectivity index (χ1n) is 5.23. The maximum absolute atomic E-state index is 5.87. The third kappa shape index (κ3) is 3.01. The van der Waals surface area contributed by atoms with Crippen LogP contribution >= 0.6 is 0 Å². The topological polar surface area (TPSA) is 26.6 Å². The van der Waals surface area contributed by atoms with Crippen molar-refractivity contribution >= 4 is 0 Å². The zero-order valence-electron chi connectivity index (χ0n) is 9.62. The molecule has 4 heteroatoms. The molecule has 3 nitrogen and oxygen atoms in total. The fourth-order valence-electron chi connectivity index (χ4n) is 2.21. The van der Waals surface area contributed by atoms with Crippen LogP contribution in [0.2, 0.25) is 0 Å². The Morgan fingerprint density at radius 1 is 1.43 bits per heavy atom. The Hall–Kier alpha value is 1.52. The van der Waals surface area contributed by atoms with E-state index in [1.807, 2.05) is 0 Å². The molecule has 1 atom stereocenters. The molecular formula is C10H19KN2O. The number of rotatable bonds is 1. The number of hydrogen-bond donors (Lipinski definition) is 0. The Morgan fingerprint density at radius 2 is 2.21 bits per heavy atom. The van der Waals surface area contributed by atoms with E-state index >= 15 is 0 Å². The summed E-state index contributed by atoms with van der Waals surface area (Å²) in [7, 11) is 0. The fraction of sp³-hybridized carbons (Fsp3) is 1.00. The van der Waals surface area contributed by atoms with Gasteiger partial charge in [-0.15, -0.1) is 13.1 Å². The van der Waals surface area contributed by atoms with E-state index in [0.29, 0.717) is 6.04 Å². The zero-order chi connectivity index (χ0) is 9.31. The van der Waals surface area contributed by atoms with E-state index in [-0.39, 0.29) is 57.0 Å². The quantitative estimate of drug-likeness (QED) is 0.492. The molecule has 14 heavy (non-hydrogen) atoms. The summed E-state index contributed by atoms with van der Waals surface area (Å²) in [5.74, 6) is 0. The summed E-state index contributed by atoms with van der Waals surface area (Å²) in [6, 6.07) is 0.640. The molecule has 76 valence electrons. The second-order valence-electron chi connectivity index (χ2n) is 4.45. The van der Waals surface area contributed by atoms with Gasteiger partial charge in [0.05, 0.1) is 12.2 Å². The van der Waals surface area contributed by atoms with Gasteiger partial charge in [0.25, 0.3) is 0 Å². The molecule has 2 heterocycles. The van der Waals surface area contributed by atoms with Gasteiger partial charge < -0.3 is 10.1 Å². The van der Waals surface area contributed by atoms with Gasteiger partial charge in [0, 0.05) is 19.1 Å². The predicted molar refractivity (Wildman–Crippen MR) is 53.1 cm³/mol. The molecule has 0 N–H and O–H groups in total. The molecule has 0 radical (unpaired) electrons. The van der Waals surface area contributed by atoms with Crippen molar-refractivity contribution in [2.24, 2.45) is 0 Å². The molecule has 0 aliphatic carbocycles. The molecule has 0 bridgehead atoms. The van der Waals surface area contributed by atoms with Crippen molar-refractivity contribution in [2.75, 3.05) is 32.8 Å². The Balaban J connectivity index is 0.000000980. The fourth-order valence-corrected chi connectivity index (χ4v) is 2.21. The largest absolute Gasteiger partial charge is 1.00 e. The molecule has 0 aromatic heterocycles. The van der Waals surface area contributed by atoms with Crippen molar-refractivity contribution in [1.82, 2.24) is 4.90 Å². The maximum Gasteiger partial charge on any atom is 1.00 e. The van der Waals surface area contributed by atoms with Crippen LogP contribution in [0, 0.1) is 0 Å². The van der Waals surface area contributed by atoms with Gasteiger partial charge in [0.2, 0.25) is 0 Å². The van der Waals surface area contributed by atoms with Crippen LogP contribution in [0.1, 0.15) is 20.3 Å². The second-order valence-corrected chi connectivity index (χ2v) is 4.45. The maximum atomic E-state index is 5.87. The van der Waals surface area contributed by atoms with Crippen molar-refractivity contribution in [3.63, 3.8) is 0 Å². The summed E-state index contributed by atoms with van der Waals surface area (Å²) in [5.41, 5.74) is 0.0858. The molecule has 0 aromatic rings. The Labute approximate surface area is 129 Å². The van der Waals surface area contributed by atoms with Gasteiger partial charge in [-0.1, -0.05) is 0 Å². The molecule has 2 aliphatic heterocycles. The average Bonchev–Trinajstić information content (AvgIpc) is 2.53. The molecule has 2 rings (SSSR count). The first kappa shape index (κ1) is 13.6. The van der Waals surface area contributed by atoms with E-state index in [9.17, 15) is 0 Å². The summed E-state index contributed by atoms with van der Waals surface area (Å²) in [5, 5.41) is 4.40. The first-order chi connectivity index (χ1) is 6.22. The third-order valence-corrected chi connectivity index (χ3v) is 3.13. The number of nitrogens with zero attached hydrogens (tertiary/aromatic N) is 2. The molecule has 0 aromatic carbocycles. The molecule has 2 fully saturated rings. The van der Waals surface area contributed by atoms with Crippen molar-refractivity contribution in [3.8, 4) is 0 Å². The number of ether oxygens (including phenoxy) is 1. The van der Waals surface area contributed by atoms with E-state index in [2.05, 4.69) is 24.1 Å². The third-order valence-electron chi connectivity index (χ3n) is 3.13. The van der Waals surface area contributed by atoms with Gasteiger partial charge >= 0.3 is 51.4 Å². The van der Waals surface area contributed by atoms with Gasteiger partial charge in [-0.2, -0.15) is 0 Å². The Kier molecular flexibility index (Phi) is 5.56. The molecule has 0 saturated carbocycles. The summed E-state index contributed by atoms with van der Waals surface area (Å²) in [6.07, 6.45) is 1.12. The van der Waals surface area contributed by atoms with Crippen molar-refractivity contribution in [2.45, 2.75) is 31.9 Å². The van der Waals surface area contributed by atoms with E-state index in [0.717, 1.165) is 39.2 Å². The van der Waals surface area contributed by atoms with Gasteiger partial charge in [0.1, 0.15) is 0 Å². The van der Waals surface area contributed by atoms with Crippen LogP contribution in [0.4, 0.5) is 0 Å². The van der Waals surface area contributed by atoms with Crippen LogP contribution in [-0.2, 0) is 4.74 Å². The SMILES string of the molecule is CC(C)N1CCOC2(CC[N-]C2)C1.[K+]. The van der Waals surface area contributed by atoms with Gasteiger partial charge in [-0.25, -0.2) is 0 Å². The number of morpholine rings is 1. The standard InChI is InChI=1S/C10H19N2O.K/c1-9(2)12-5-6-13-10(8-12)3-4-11-7-10;/h9H,3-8H2,1-2H3;/q-1;+1. The van der Waals surface area contributed by atoms with Gasteiger partial charge in [-0.05, 0) is 20.3 Å². The summed E-state index contributed by atoms with van der Waals surface area (Å²) < 4.78 is 5.87. The van der Waals surface area contributed by atoms with Gasteiger partial charge in [0.15, 0.2) is 0 Å². The summed E-state index contributed by atoms with van der Waals surface area (Å²) in [4.78, 5) is 2.50. The van der Waals surface area contributed by atoms with Crippen molar-refractivity contribution in [1.29, 1.82) is 0 Å². The Morgan fingerprint density at radius 3 is 2.79 bits per heavy atom. The van der Waals surface area contributed by atoms with Gasteiger partial charge in [-0.3, -0.25) is 4.90 Å². The first-order valence-corrected chi connectivity index (χ1v) is 5.23. The van der Waals surface area contributed by atoms with Crippen LogP contribution < -0.4 is 51.4 Å². The van der Waals surface area contributed by atoms with Crippen molar-refractivity contribution in [3.05, 3.63) is 5.32 Å². The van der Waals surface area contributed by atoms with Crippen molar-refractivity contribution < 1.29 is 56.1 Å². The molecular weight excluding hydrogens is 203 g/mol. The van der Waals surface area contributed by atoms with Crippen LogP contribution in [0.3, 0.4) is 0 Å². The zero-order valence-corrected chi connectivity index (χ0v) is 12.7. The molecule has 2 aliphatic rings. The minimum atomic E-state index is 0. The summed E-state index contributed by atoms with van der Waals surface area (Å²) in [6.45, 7) is 9.46. The Bertz CT molecular complexity index is 181. The minimum absolute atomic E-state index is 0. The molecule has 0 amide bonds. The molecule has 1 spiro atoms. The van der Waals surface area contributed by atoms with E-state index in [1.54, 1.807) is 0 Å². The van der Waals surface area contributed by atoms with Crippen LogP contribution in [-0.4, -0.2) is 49.3 Å². The van der Waals surface area contributed by atoms with Crippen LogP contribution in [0.15, 0.2) is 0 Å². The van der Waals surface area contributed by atoms with Crippen LogP contribution in [0.5, 0.6) is 0 Å². The minimum Gasteiger partial charge on any atom is -0.660 e. The normalized spacial score (nSPS) is 33.6. The molecule has 2 saturated heterocycles. The molecule has 1 unspecified atom stereocenters. The second kappa shape index (κ2) is 5.73. The summed E-state index contributed by atoms with van der Waals surface area (Å²) >= 11 is 0. The van der Waals surface area contributed by atoms with E-state index < -0.39 is 0 Å². The monoisotopic (exact) mass is 222 g/mol. The van der Waals surface area contributed by atoms with Crippen LogP contribution in [0.25, 0.3) is 5.32 Å².